The highest BCUT2D eigenvalue weighted by Gasteiger charge is 2.21. The highest BCUT2D eigenvalue weighted by atomic mass is 16.5. The van der Waals surface area contributed by atoms with Gasteiger partial charge in [-0.25, -0.2) is 0 Å². The number of likely N-dealkylation sites (N-methyl/N-ethyl adjacent to an activating group) is 1. The number of aromatic nitrogens is 2. The molecule has 0 saturated carbocycles. The topological polar surface area (TPSA) is 57.4 Å². The number of anilines is 1. The third kappa shape index (κ3) is 2.64. The molecule has 0 amide bonds. The van der Waals surface area contributed by atoms with Crippen molar-refractivity contribution in [2.24, 2.45) is 0 Å². The molecule has 1 aromatic heterocycles. The Hall–Kier alpha value is -1.14. The molecular weight excluding hydrogens is 230 g/mol. The highest BCUT2D eigenvalue weighted by Crippen LogP contribution is 2.15. The molecule has 1 atom stereocenters. The Bertz CT molecular complexity index is 380. The summed E-state index contributed by atoms with van der Waals surface area (Å²) >= 11 is 0. The van der Waals surface area contributed by atoms with Gasteiger partial charge in [-0.05, 0) is 31.6 Å². The van der Waals surface area contributed by atoms with Crippen LogP contribution in [-0.2, 0) is 6.42 Å². The van der Waals surface area contributed by atoms with E-state index in [-0.39, 0.29) is 0 Å². The summed E-state index contributed by atoms with van der Waals surface area (Å²) in [5.41, 5.74) is 0. The van der Waals surface area contributed by atoms with E-state index in [1.165, 1.54) is 12.8 Å². The van der Waals surface area contributed by atoms with E-state index in [1.54, 1.807) is 0 Å². The third-order valence-corrected chi connectivity index (χ3v) is 3.83. The molecule has 3 heterocycles. The van der Waals surface area contributed by atoms with Crippen molar-refractivity contribution in [2.45, 2.75) is 25.3 Å². The predicted octanol–water partition coefficient (Wildman–Crippen LogP) is 0.116. The monoisotopic (exact) mass is 251 g/mol. The average Bonchev–Trinajstić information content (AvgIpc) is 3.02. The first-order valence-electron chi connectivity index (χ1n) is 6.81. The summed E-state index contributed by atoms with van der Waals surface area (Å²) < 4.78 is 5.35. The SMILES string of the molecule is CN1CCN(c2noc(CC3CCCN3)n2)CC1. The summed E-state index contributed by atoms with van der Waals surface area (Å²) in [5, 5.41) is 7.55. The van der Waals surface area contributed by atoms with Gasteiger partial charge in [0, 0.05) is 38.6 Å². The van der Waals surface area contributed by atoms with Gasteiger partial charge in [0.05, 0.1) is 0 Å². The molecule has 0 aliphatic carbocycles. The van der Waals surface area contributed by atoms with Crippen LogP contribution in [0.3, 0.4) is 0 Å². The summed E-state index contributed by atoms with van der Waals surface area (Å²) in [5.74, 6) is 1.53. The van der Waals surface area contributed by atoms with Crippen molar-refractivity contribution in [1.82, 2.24) is 20.4 Å². The van der Waals surface area contributed by atoms with Crippen LogP contribution < -0.4 is 10.2 Å². The minimum atomic E-state index is 0.519. The van der Waals surface area contributed by atoms with Crippen molar-refractivity contribution in [2.75, 3.05) is 44.7 Å². The Morgan fingerprint density at radius 1 is 1.33 bits per heavy atom. The van der Waals surface area contributed by atoms with Crippen molar-refractivity contribution in [1.29, 1.82) is 0 Å². The van der Waals surface area contributed by atoms with Crippen LogP contribution in [0.5, 0.6) is 0 Å². The van der Waals surface area contributed by atoms with Crippen LogP contribution >= 0.6 is 0 Å². The van der Waals surface area contributed by atoms with E-state index < -0.39 is 0 Å². The normalized spacial score (nSPS) is 25.8. The van der Waals surface area contributed by atoms with Crippen molar-refractivity contribution in [3.05, 3.63) is 5.89 Å². The van der Waals surface area contributed by atoms with Gasteiger partial charge in [0.1, 0.15) is 0 Å². The molecule has 6 nitrogen and oxygen atoms in total. The molecule has 2 aliphatic rings. The molecule has 0 aromatic carbocycles. The van der Waals surface area contributed by atoms with Gasteiger partial charge in [-0.2, -0.15) is 4.98 Å². The quantitative estimate of drug-likeness (QED) is 0.823. The fraction of sp³-hybridized carbons (Fsp3) is 0.833. The molecule has 18 heavy (non-hydrogen) atoms. The summed E-state index contributed by atoms with van der Waals surface area (Å²) in [6, 6.07) is 0.519. The van der Waals surface area contributed by atoms with Crippen molar-refractivity contribution < 1.29 is 4.52 Å². The molecule has 6 heteroatoms. The molecule has 100 valence electrons. The Labute approximate surface area is 107 Å². The first-order valence-corrected chi connectivity index (χ1v) is 6.81. The molecule has 0 bridgehead atoms. The second kappa shape index (κ2) is 5.24. The van der Waals surface area contributed by atoms with Gasteiger partial charge in [-0.3, -0.25) is 0 Å². The standard InChI is InChI=1S/C12H21N5O/c1-16-5-7-17(8-6-16)12-14-11(18-15-12)9-10-3-2-4-13-10/h10,13H,2-9H2,1H3. The van der Waals surface area contributed by atoms with Gasteiger partial charge in [0.15, 0.2) is 0 Å². The number of piperazine rings is 1. The lowest BCUT2D eigenvalue weighted by molar-refractivity contribution is 0.308. The molecule has 1 unspecified atom stereocenters. The number of hydrogen-bond donors (Lipinski definition) is 1. The first kappa shape index (κ1) is 11.9. The summed E-state index contributed by atoms with van der Waals surface area (Å²) in [7, 11) is 2.14. The maximum atomic E-state index is 5.35. The van der Waals surface area contributed by atoms with E-state index in [1.807, 2.05) is 0 Å². The minimum absolute atomic E-state index is 0.519. The lowest BCUT2D eigenvalue weighted by Gasteiger charge is -2.31. The Kier molecular flexibility index (Phi) is 3.47. The van der Waals surface area contributed by atoms with E-state index in [4.69, 9.17) is 4.52 Å². The van der Waals surface area contributed by atoms with E-state index >= 15 is 0 Å². The van der Waals surface area contributed by atoms with Gasteiger partial charge >= 0.3 is 0 Å². The van der Waals surface area contributed by atoms with Crippen LogP contribution in [0.25, 0.3) is 0 Å². The van der Waals surface area contributed by atoms with E-state index in [9.17, 15) is 0 Å². The van der Waals surface area contributed by atoms with Gasteiger partial charge in [0.25, 0.3) is 5.95 Å². The minimum Gasteiger partial charge on any atom is -0.337 e. The zero-order valence-corrected chi connectivity index (χ0v) is 10.9. The Morgan fingerprint density at radius 3 is 2.89 bits per heavy atom. The molecule has 0 radical (unpaired) electrons. The fourth-order valence-corrected chi connectivity index (χ4v) is 2.61. The van der Waals surface area contributed by atoms with Crippen molar-refractivity contribution >= 4 is 5.95 Å². The number of nitrogens with one attached hydrogen (secondary N) is 1. The average molecular weight is 251 g/mol. The molecule has 1 N–H and O–H groups in total. The van der Waals surface area contributed by atoms with Crippen LogP contribution in [-0.4, -0.2) is 60.9 Å². The third-order valence-electron chi connectivity index (χ3n) is 3.83. The summed E-state index contributed by atoms with van der Waals surface area (Å²) in [6.07, 6.45) is 3.33. The number of rotatable bonds is 3. The molecule has 1 aromatic rings. The van der Waals surface area contributed by atoms with Gasteiger partial charge < -0.3 is 19.6 Å². The van der Waals surface area contributed by atoms with E-state index in [2.05, 4.69) is 32.3 Å². The van der Waals surface area contributed by atoms with Crippen LogP contribution in [0.2, 0.25) is 0 Å². The van der Waals surface area contributed by atoms with Crippen molar-refractivity contribution in [3.63, 3.8) is 0 Å². The summed E-state index contributed by atoms with van der Waals surface area (Å²) in [4.78, 5) is 9.03. The Morgan fingerprint density at radius 2 is 2.17 bits per heavy atom. The smallest absolute Gasteiger partial charge is 0.266 e. The maximum Gasteiger partial charge on any atom is 0.266 e. The maximum absolute atomic E-state index is 5.35. The molecule has 0 spiro atoms. The molecular formula is C12H21N5O. The van der Waals surface area contributed by atoms with Crippen LogP contribution in [0.1, 0.15) is 18.7 Å². The Balaban J connectivity index is 1.58. The predicted molar refractivity (Wildman–Crippen MR) is 68.7 cm³/mol. The number of nitrogens with zero attached hydrogens (tertiary/aromatic N) is 4. The molecule has 2 fully saturated rings. The summed E-state index contributed by atoms with van der Waals surface area (Å²) in [6.45, 7) is 5.21. The van der Waals surface area contributed by atoms with Crippen LogP contribution in [0.15, 0.2) is 4.52 Å². The molecule has 2 aliphatic heterocycles. The van der Waals surface area contributed by atoms with Crippen molar-refractivity contribution in [3.8, 4) is 0 Å². The largest absolute Gasteiger partial charge is 0.337 e. The van der Waals surface area contributed by atoms with Gasteiger partial charge in [0.2, 0.25) is 5.89 Å². The highest BCUT2D eigenvalue weighted by molar-refractivity contribution is 5.28. The van der Waals surface area contributed by atoms with Gasteiger partial charge in [-0.15, -0.1) is 0 Å². The molecule has 2 saturated heterocycles. The lowest BCUT2D eigenvalue weighted by atomic mass is 10.2. The molecule has 3 rings (SSSR count). The van der Waals surface area contributed by atoms with Crippen LogP contribution in [0, 0.1) is 0 Å². The second-order valence-electron chi connectivity index (χ2n) is 5.28. The van der Waals surface area contributed by atoms with E-state index in [0.29, 0.717) is 6.04 Å². The zero-order chi connectivity index (χ0) is 12.4. The second-order valence-corrected chi connectivity index (χ2v) is 5.28. The van der Waals surface area contributed by atoms with E-state index in [0.717, 1.165) is 51.0 Å². The zero-order valence-electron chi connectivity index (χ0n) is 10.9. The van der Waals surface area contributed by atoms with Gasteiger partial charge in [-0.1, -0.05) is 0 Å². The fourth-order valence-electron chi connectivity index (χ4n) is 2.61. The first-order chi connectivity index (χ1) is 8.81. The number of hydrogen-bond acceptors (Lipinski definition) is 6. The lowest BCUT2D eigenvalue weighted by Crippen LogP contribution is -2.44. The van der Waals surface area contributed by atoms with Crippen LogP contribution in [0.4, 0.5) is 5.95 Å².